The molecule has 1 aromatic heterocycles. The summed E-state index contributed by atoms with van der Waals surface area (Å²) in [5.41, 5.74) is 0.972. The number of ether oxygens (including phenoxy) is 2. The van der Waals surface area contributed by atoms with Gasteiger partial charge < -0.3 is 14.8 Å². The summed E-state index contributed by atoms with van der Waals surface area (Å²) in [6.07, 6.45) is 0.207. The first-order valence-electron chi connectivity index (χ1n) is 7.71. The van der Waals surface area contributed by atoms with Gasteiger partial charge in [-0.2, -0.15) is 0 Å². The van der Waals surface area contributed by atoms with Crippen molar-refractivity contribution in [3.63, 3.8) is 0 Å². The third-order valence-electron chi connectivity index (χ3n) is 3.35. The van der Waals surface area contributed by atoms with Crippen LogP contribution in [-0.4, -0.2) is 29.8 Å². The zero-order valence-electron chi connectivity index (χ0n) is 13.6. The number of aromatic nitrogens is 2. The monoisotopic (exact) mass is 355 g/mol. The maximum absolute atomic E-state index is 12.0. The fourth-order valence-corrected chi connectivity index (χ4v) is 2.91. The van der Waals surface area contributed by atoms with Crippen LogP contribution < -0.4 is 14.8 Å². The highest BCUT2D eigenvalue weighted by Crippen LogP contribution is 2.27. The van der Waals surface area contributed by atoms with E-state index in [1.165, 1.54) is 11.3 Å². The summed E-state index contributed by atoms with van der Waals surface area (Å²) in [5.74, 6) is 1.07. The van der Waals surface area contributed by atoms with Gasteiger partial charge in [0.25, 0.3) is 0 Å². The molecule has 0 saturated carbocycles. The van der Waals surface area contributed by atoms with Gasteiger partial charge in [0.05, 0.1) is 20.1 Å². The largest absolute Gasteiger partial charge is 0.493 e. The second-order valence-corrected chi connectivity index (χ2v) is 6.05. The fraction of sp³-hybridized carbons (Fsp3) is 0.167. The number of nitrogens with zero attached hydrogens (tertiary/aromatic N) is 2. The van der Waals surface area contributed by atoms with Crippen molar-refractivity contribution in [3.05, 3.63) is 54.6 Å². The molecule has 2 aromatic carbocycles. The van der Waals surface area contributed by atoms with Crippen LogP contribution in [0.2, 0.25) is 0 Å². The van der Waals surface area contributed by atoms with Gasteiger partial charge in [-0.3, -0.25) is 4.79 Å². The molecule has 0 aliphatic carbocycles. The van der Waals surface area contributed by atoms with Crippen molar-refractivity contribution < 1.29 is 14.3 Å². The third kappa shape index (κ3) is 4.54. The molecule has 7 heteroatoms. The SMILES string of the molecule is COc1ccccc1OCCC(=O)Nc1nnc(-c2ccccc2)s1. The molecule has 0 bridgehead atoms. The second kappa shape index (κ2) is 8.25. The number of benzene rings is 2. The molecule has 0 saturated heterocycles. The number of methoxy groups -OCH3 is 1. The van der Waals surface area contributed by atoms with Gasteiger partial charge in [0.1, 0.15) is 5.01 Å². The maximum atomic E-state index is 12.0. The molecule has 128 valence electrons. The van der Waals surface area contributed by atoms with Crippen LogP contribution in [0.3, 0.4) is 0 Å². The van der Waals surface area contributed by atoms with Crippen LogP contribution in [0.5, 0.6) is 11.5 Å². The average molecular weight is 355 g/mol. The summed E-state index contributed by atoms with van der Waals surface area (Å²) in [5, 5.41) is 12.1. The number of carbonyl (C=O) groups is 1. The molecule has 1 amide bonds. The first-order chi connectivity index (χ1) is 12.3. The van der Waals surface area contributed by atoms with Crippen molar-refractivity contribution >= 4 is 22.4 Å². The molecule has 0 aliphatic rings. The Morgan fingerprint density at radius 3 is 2.52 bits per heavy atom. The highest BCUT2D eigenvalue weighted by Gasteiger charge is 2.10. The molecule has 0 radical (unpaired) electrons. The highest BCUT2D eigenvalue weighted by molar-refractivity contribution is 7.18. The Balaban J connectivity index is 1.51. The summed E-state index contributed by atoms with van der Waals surface area (Å²) >= 11 is 1.34. The summed E-state index contributed by atoms with van der Waals surface area (Å²) in [7, 11) is 1.58. The van der Waals surface area contributed by atoms with Crippen LogP contribution in [0.15, 0.2) is 54.6 Å². The van der Waals surface area contributed by atoms with E-state index in [2.05, 4.69) is 15.5 Å². The summed E-state index contributed by atoms with van der Waals surface area (Å²) < 4.78 is 10.8. The lowest BCUT2D eigenvalue weighted by atomic mass is 10.2. The highest BCUT2D eigenvalue weighted by atomic mass is 32.1. The Labute approximate surface area is 149 Å². The Bertz CT molecular complexity index is 836. The van der Waals surface area contributed by atoms with Crippen LogP contribution in [0.25, 0.3) is 10.6 Å². The predicted octanol–water partition coefficient (Wildman–Crippen LogP) is 3.62. The lowest BCUT2D eigenvalue weighted by Crippen LogP contribution is -2.15. The smallest absolute Gasteiger partial charge is 0.229 e. The van der Waals surface area contributed by atoms with Gasteiger partial charge in [-0.05, 0) is 12.1 Å². The van der Waals surface area contributed by atoms with Gasteiger partial charge in [-0.1, -0.05) is 53.8 Å². The van der Waals surface area contributed by atoms with Gasteiger partial charge in [-0.15, -0.1) is 10.2 Å². The predicted molar refractivity (Wildman–Crippen MR) is 97.1 cm³/mol. The number of hydrogen-bond acceptors (Lipinski definition) is 6. The van der Waals surface area contributed by atoms with Gasteiger partial charge in [0, 0.05) is 5.56 Å². The van der Waals surface area contributed by atoms with E-state index in [0.717, 1.165) is 10.6 Å². The Hall–Kier alpha value is -2.93. The number of hydrogen-bond donors (Lipinski definition) is 1. The quantitative estimate of drug-likeness (QED) is 0.701. The summed E-state index contributed by atoms with van der Waals surface area (Å²) in [6.45, 7) is 0.247. The number of anilines is 1. The van der Waals surface area contributed by atoms with E-state index in [-0.39, 0.29) is 18.9 Å². The molecule has 1 heterocycles. The minimum absolute atomic E-state index is 0.175. The molecule has 6 nitrogen and oxygen atoms in total. The molecule has 0 fully saturated rings. The van der Waals surface area contributed by atoms with E-state index in [4.69, 9.17) is 9.47 Å². The Morgan fingerprint density at radius 2 is 1.76 bits per heavy atom. The van der Waals surface area contributed by atoms with Crippen LogP contribution in [0, 0.1) is 0 Å². The molecule has 0 atom stereocenters. The minimum Gasteiger partial charge on any atom is -0.493 e. The van der Waals surface area contributed by atoms with Crippen molar-refractivity contribution in [2.24, 2.45) is 0 Å². The lowest BCUT2D eigenvalue weighted by Gasteiger charge is -2.09. The minimum atomic E-state index is -0.175. The van der Waals surface area contributed by atoms with Crippen molar-refractivity contribution in [1.82, 2.24) is 10.2 Å². The van der Waals surface area contributed by atoms with E-state index >= 15 is 0 Å². The van der Waals surface area contributed by atoms with Gasteiger partial charge in [-0.25, -0.2) is 0 Å². The number of carbonyl (C=O) groups excluding carboxylic acids is 1. The van der Waals surface area contributed by atoms with Crippen LogP contribution >= 0.6 is 11.3 Å². The first kappa shape index (κ1) is 16.9. The number of para-hydroxylation sites is 2. The normalized spacial score (nSPS) is 10.3. The third-order valence-corrected chi connectivity index (χ3v) is 4.24. The molecule has 3 rings (SSSR count). The average Bonchev–Trinajstić information content (AvgIpc) is 3.11. The van der Waals surface area contributed by atoms with E-state index < -0.39 is 0 Å². The van der Waals surface area contributed by atoms with Crippen LogP contribution in [-0.2, 0) is 4.79 Å². The molecule has 0 unspecified atom stereocenters. The van der Waals surface area contributed by atoms with E-state index in [1.807, 2.05) is 48.5 Å². The zero-order valence-corrected chi connectivity index (χ0v) is 14.5. The standard InChI is InChI=1S/C18H17N3O3S/c1-23-14-9-5-6-10-15(14)24-12-11-16(22)19-18-21-20-17(25-18)13-7-3-2-4-8-13/h2-10H,11-12H2,1H3,(H,19,21,22). The van der Waals surface area contributed by atoms with Gasteiger partial charge >= 0.3 is 0 Å². The molecular formula is C18H17N3O3S. The van der Waals surface area contributed by atoms with Crippen LogP contribution in [0.4, 0.5) is 5.13 Å². The van der Waals surface area contributed by atoms with E-state index in [0.29, 0.717) is 16.6 Å². The van der Waals surface area contributed by atoms with Crippen molar-refractivity contribution in [2.75, 3.05) is 19.0 Å². The van der Waals surface area contributed by atoms with Crippen molar-refractivity contribution in [3.8, 4) is 22.1 Å². The van der Waals surface area contributed by atoms with Gasteiger partial charge in [0.2, 0.25) is 11.0 Å². The first-order valence-corrected chi connectivity index (χ1v) is 8.52. The molecule has 0 spiro atoms. The number of amides is 1. The fourth-order valence-electron chi connectivity index (χ4n) is 2.14. The van der Waals surface area contributed by atoms with Gasteiger partial charge in [0.15, 0.2) is 11.5 Å². The van der Waals surface area contributed by atoms with Crippen molar-refractivity contribution in [1.29, 1.82) is 0 Å². The van der Waals surface area contributed by atoms with E-state index in [1.54, 1.807) is 13.2 Å². The number of rotatable bonds is 7. The Kier molecular flexibility index (Phi) is 5.58. The summed E-state index contributed by atoms with van der Waals surface area (Å²) in [4.78, 5) is 12.0. The van der Waals surface area contributed by atoms with E-state index in [9.17, 15) is 4.79 Å². The van der Waals surface area contributed by atoms with Crippen LogP contribution in [0.1, 0.15) is 6.42 Å². The zero-order chi connectivity index (χ0) is 17.5. The Morgan fingerprint density at radius 1 is 1.04 bits per heavy atom. The number of nitrogens with one attached hydrogen (secondary N) is 1. The second-order valence-electron chi connectivity index (χ2n) is 5.08. The van der Waals surface area contributed by atoms with Crippen molar-refractivity contribution in [2.45, 2.75) is 6.42 Å². The molecule has 25 heavy (non-hydrogen) atoms. The summed E-state index contributed by atoms with van der Waals surface area (Å²) in [6, 6.07) is 17.0. The topological polar surface area (TPSA) is 73.3 Å². The molecule has 0 aliphatic heterocycles. The molecule has 1 N–H and O–H groups in total. The molecular weight excluding hydrogens is 338 g/mol. The molecule has 3 aromatic rings. The maximum Gasteiger partial charge on any atom is 0.229 e. The lowest BCUT2D eigenvalue weighted by molar-refractivity contribution is -0.116.